The van der Waals surface area contributed by atoms with Crippen LogP contribution in [0.1, 0.15) is 72.3 Å². The first-order valence-corrected chi connectivity index (χ1v) is 13.3. The number of rotatable bonds is 6. The fourth-order valence-electron chi connectivity index (χ4n) is 7.02. The molecule has 38 heavy (non-hydrogen) atoms. The number of carbonyl (C=O) groups is 3. The molecule has 0 bridgehead atoms. The minimum atomic E-state index is -0.635. The molecule has 7 heteroatoms. The van der Waals surface area contributed by atoms with Crippen molar-refractivity contribution in [1.29, 1.82) is 0 Å². The van der Waals surface area contributed by atoms with Gasteiger partial charge in [-0.1, -0.05) is 31.1 Å². The maximum atomic E-state index is 12.9. The molecule has 4 rings (SSSR count). The zero-order valence-electron chi connectivity index (χ0n) is 23.2. The van der Waals surface area contributed by atoms with Crippen molar-refractivity contribution in [3.8, 4) is 11.5 Å². The third-order valence-corrected chi connectivity index (χ3v) is 8.88. The van der Waals surface area contributed by atoms with E-state index in [0.717, 1.165) is 36.8 Å². The van der Waals surface area contributed by atoms with Crippen LogP contribution in [-0.4, -0.2) is 36.2 Å². The van der Waals surface area contributed by atoms with Gasteiger partial charge in [0.1, 0.15) is 11.5 Å². The molecule has 0 aliphatic heterocycles. The van der Waals surface area contributed by atoms with Gasteiger partial charge in [-0.3, -0.25) is 14.4 Å². The molecule has 0 unspecified atom stereocenters. The average molecular weight is 523 g/mol. The fourth-order valence-corrected chi connectivity index (χ4v) is 7.02. The maximum absolute atomic E-state index is 12.9. The molecule has 1 fully saturated rings. The lowest BCUT2D eigenvalue weighted by Gasteiger charge is -2.55. The summed E-state index contributed by atoms with van der Waals surface area (Å²) in [6.45, 7) is 8.94. The number of hydrogen-bond donors (Lipinski definition) is 1. The quantitative estimate of drug-likeness (QED) is 0.296. The van der Waals surface area contributed by atoms with Gasteiger partial charge in [-0.15, -0.1) is 0 Å². The first kappa shape index (κ1) is 27.8. The first-order chi connectivity index (χ1) is 17.9. The molecule has 2 aromatic rings. The zero-order valence-corrected chi connectivity index (χ0v) is 23.2. The Hall–Kier alpha value is -3.19. The molecule has 2 aliphatic rings. The number of ether oxygens (including phenoxy) is 3. The van der Waals surface area contributed by atoms with E-state index in [9.17, 15) is 19.5 Å². The average Bonchev–Trinajstić information content (AvgIpc) is 2.86. The second kappa shape index (κ2) is 10.5. The summed E-state index contributed by atoms with van der Waals surface area (Å²) in [4.78, 5) is 36.2. The highest BCUT2D eigenvalue weighted by Gasteiger charge is 2.57. The van der Waals surface area contributed by atoms with E-state index in [2.05, 4.69) is 6.92 Å². The summed E-state index contributed by atoms with van der Waals surface area (Å²) in [6.07, 6.45) is 4.03. The lowest BCUT2D eigenvalue weighted by Crippen LogP contribution is -2.53. The third kappa shape index (κ3) is 4.96. The van der Waals surface area contributed by atoms with Crippen molar-refractivity contribution in [2.75, 3.05) is 7.11 Å². The molecule has 0 amide bonds. The molecule has 204 valence electrons. The van der Waals surface area contributed by atoms with E-state index in [4.69, 9.17) is 14.2 Å². The minimum Gasteiger partial charge on any atom is -0.469 e. The number of benzene rings is 2. The molecule has 1 saturated carbocycles. The number of aryl methyl sites for hydroxylation is 1. The van der Waals surface area contributed by atoms with Crippen LogP contribution >= 0.6 is 0 Å². The Kier molecular flexibility index (Phi) is 7.71. The van der Waals surface area contributed by atoms with Crippen molar-refractivity contribution in [2.24, 2.45) is 16.7 Å². The van der Waals surface area contributed by atoms with E-state index >= 15 is 0 Å². The molecule has 2 aliphatic carbocycles. The normalized spacial score (nSPS) is 27.0. The Morgan fingerprint density at radius 3 is 2.18 bits per heavy atom. The van der Waals surface area contributed by atoms with Crippen LogP contribution in [0.4, 0.5) is 0 Å². The lowest BCUT2D eigenvalue weighted by atomic mass is 9.49. The van der Waals surface area contributed by atoms with Gasteiger partial charge in [0.25, 0.3) is 0 Å². The lowest BCUT2D eigenvalue weighted by molar-refractivity contribution is -0.164. The van der Waals surface area contributed by atoms with Gasteiger partial charge in [-0.2, -0.15) is 0 Å². The van der Waals surface area contributed by atoms with E-state index in [1.54, 1.807) is 12.1 Å². The van der Waals surface area contributed by atoms with Gasteiger partial charge < -0.3 is 19.3 Å². The summed E-state index contributed by atoms with van der Waals surface area (Å²) < 4.78 is 16.0. The summed E-state index contributed by atoms with van der Waals surface area (Å²) in [5, 5.41) is 12.4. The molecule has 0 saturated heterocycles. The molecular formula is C31H38O7. The molecule has 0 spiro atoms. The Morgan fingerprint density at radius 2 is 1.58 bits per heavy atom. The maximum Gasteiger partial charge on any atom is 0.311 e. The van der Waals surface area contributed by atoms with Crippen molar-refractivity contribution in [2.45, 2.75) is 79.2 Å². The zero-order chi connectivity index (χ0) is 27.8. The van der Waals surface area contributed by atoms with E-state index in [0.29, 0.717) is 35.1 Å². The van der Waals surface area contributed by atoms with Gasteiger partial charge in [-0.05, 0) is 86.6 Å². The largest absolute Gasteiger partial charge is 0.469 e. The highest BCUT2D eigenvalue weighted by atomic mass is 16.5. The number of aliphatic hydroxyl groups excluding tert-OH is 1. The van der Waals surface area contributed by atoms with Crippen molar-refractivity contribution in [3.63, 3.8) is 0 Å². The van der Waals surface area contributed by atoms with Gasteiger partial charge in [0.05, 0.1) is 18.6 Å². The predicted octanol–water partition coefficient (Wildman–Crippen LogP) is 5.69. The van der Waals surface area contributed by atoms with Crippen molar-refractivity contribution < 1.29 is 33.7 Å². The topological polar surface area (TPSA) is 99.1 Å². The van der Waals surface area contributed by atoms with Crippen LogP contribution in [0.3, 0.4) is 0 Å². The van der Waals surface area contributed by atoms with Crippen molar-refractivity contribution >= 4 is 28.7 Å². The van der Waals surface area contributed by atoms with E-state index in [1.807, 2.05) is 32.0 Å². The highest BCUT2D eigenvalue weighted by molar-refractivity contribution is 5.96. The van der Waals surface area contributed by atoms with Gasteiger partial charge in [0.2, 0.25) is 0 Å². The Bertz CT molecular complexity index is 1310. The fraction of sp³-hybridized carbons (Fsp3) is 0.516. The monoisotopic (exact) mass is 522 g/mol. The summed E-state index contributed by atoms with van der Waals surface area (Å²) in [5.74, 6) is -0.258. The second-order valence-electron chi connectivity index (χ2n) is 11.3. The SMILES string of the molecule is COC(=O)[C@@]1(C)CCC[C@]2(C)C(CCc3ccc4c(OC(C)=O)ccc(OC(C)=O)c4c3)=C(C)[C@@H](O)C[C@@H]12. The number of hydrogen-bond acceptors (Lipinski definition) is 7. The van der Waals surface area contributed by atoms with Crippen LogP contribution in [0, 0.1) is 16.7 Å². The standard InChI is InChI=1S/C31H38O7/c1-18-24(30(4)14-7-15-31(5,29(35)36-6)28(30)17-25(18)34)11-9-21-8-10-22-23(16-21)27(38-20(3)33)13-12-26(22)37-19(2)32/h8,10,12-13,16,25,28,34H,7,9,11,14-15,17H2,1-6H3/t25-,28+,30+,31-/m0/s1. The molecule has 7 nitrogen and oxygen atoms in total. The molecule has 1 N–H and O–H groups in total. The summed E-state index contributed by atoms with van der Waals surface area (Å²) >= 11 is 0. The van der Waals surface area contributed by atoms with Gasteiger partial charge in [-0.25, -0.2) is 0 Å². The van der Waals surface area contributed by atoms with Crippen molar-refractivity contribution in [1.82, 2.24) is 0 Å². The number of allylic oxidation sites excluding steroid dienone is 1. The Labute approximate surface area is 224 Å². The molecule has 0 heterocycles. The van der Waals surface area contributed by atoms with E-state index in [1.165, 1.54) is 26.5 Å². The second-order valence-corrected chi connectivity index (χ2v) is 11.3. The summed E-state index contributed by atoms with van der Waals surface area (Å²) in [5.41, 5.74) is 2.38. The summed E-state index contributed by atoms with van der Waals surface area (Å²) in [7, 11) is 1.44. The number of carbonyl (C=O) groups excluding carboxylic acids is 3. The van der Waals surface area contributed by atoms with Crippen LogP contribution in [0.15, 0.2) is 41.5 Å². The Balaban J connectivity index is 1.69. The highest BCUT2D eigenvalue weighted by Crippen LogP contribution is 2.60. The van der Waals surface area contributed by atoms with Gasteiger partial charge in [0, 0.05) is 24.6 Å². The van der Waals surface area contributed by atoms with Crippen LogP contribution < -0.4 is 9.47 Å². The molecule has 0 aromatic heterocycles. The smallest absolute Gasteiger partial charge is 0.311 e. The van der Waals surface area contributed by atoms with Crippen LogP contribution in [0.2, 0.25) is 0 Å². The van der Waals surface area contributed by atoms with Gasteiger partial charge >= 0.3 is 17.9 Å². The van der Waals surface area contributed by atoms with Crippen LogP contribution in [0.25, 0.3) is 10.8 Å². The van der Waals surface area contributed by atoms with E-state index in [-0.39, 0.29) is 17.3 Å². The summed E-state index contributed by atoms with van der Waals surface area (Å²) in [6, 6.07) is 9.10. The minimum absolute atomic E-state index is 0.0108. The number of esters is 3. The van der Waals surface area contributed by atoms with E-state index < -0.39 is 23.5 Å². The van der Waals surface area contributed by atoms with Crippen LogP contribution in [-0.2, 0) is 25.5 Å². The third-order valence-electron chi connectivity index (χ3n) is 8.88. The van der Waals surface area contributed by atoms with Crippen LogP contribution in [0.5, 0.6) is 11.5 Å². The number of fused-ring (bicyclic) bond motifs is 2. The Morgan fingerprint density at radius 1 is 0.947 bits per heavy atom. The predicted molar refractivity (Wildman–Crippen MR) is 144 cm³/mol. The number of aliphatic hydroxyl groups is 1. The molecule has 4 atom stereocenters. The van der Waals surface area contributed by atoms with Crippen molar-refractivity contribution in [3.05, 3.63) is 47.0 Å². The molecular weight excluding hydrogens is 484 g/mol. The molecule has 2 aromatic carbocycles. The molecule has 0 radical (unpaired) electrons. The van der Waals surface area contributed by atoms with Gasteiger partial charge in [0.15, 0.2) is 0 Å². The number of methoxy groups -OCH3 is 1. The first-order valence-electron chi connectivity index (χ1n) is 13.3.